The summed E-state index contributed by atoms with van der Waals surface area (Å²) in [6, 6.07) is 5.33. The van der Waals surface area contributed by atoms with Crippen molar-refractivity contribution in [1.29, 1.82) is 0 Å². The molecule has 0 amide bonds. The lowest BCUT2D eigenvalue weighted by molar-refractivity contribution is 0.105. The highest BCUT2D eigenvalue weighted by Gasteiger charge is 2.23. The van der Waals surface area contributed by atoms with Gasteiger partial charge in [0.1, 0.15) is 12.4 Å². The number of aromatic nitrogens is 6. The van der Waals surface area contributed by atoms with E-state index in [1.165, 1.54) is 0 Å². The van der Waals surface area contributed by atoms with E-state index in [4.69, 9.17) is 27.9 Å². The summed E-state index contributed by atoms with van der Waals surface area (Å²) in [4.78, 5) is 9.13. The van der Waals surface area contributed by atoms with Crippen LogP contribution in [0.2, 0.25) is 10.0 Å². The fraction of sp³-hybridized carbons (Fsp3) is 0.250. The number of benzene rings is 1. The maximum atomic E-state index is 6.12. The lowest BCUT2D eigenvalue weighted by Crippen LogP contribution is -1.99. The molecule has 1 fully saturated rings. The van der Waals surface area contributed by atoms with E-state index in [0.717, 1.165) is 30.5 Å². The predicted molar refractivity (Wildman–Crippen MR) is 93.4 cm³/mol. The van der Waals surface area contributed by atoms with Gasteiger partial charge in [-0.05, 0) is 31.0 Å². The lowest BCUT2D eigenvalue weighted by atomic mass is 10.2. The van der Waals surface area contributed by atoms with Crippen LogP contribution in [-0.4, -0.2) is 36.0 Å². The van der Waals surface area contributed by atoms with Crippen LogP contribution < -0.4 is 0 Å². The second kappa shape index (κ2) is 5.66. The Morgan fingerprint density at radius 3 is 2.88 bits per heavy atom. The SMILES string of the molecule is Clc1ccc(-n2ncc3c2ncn2nc(C4CCCO4)nc32)cc1Cl. The van der Waals surface area contributed by atoms with Gasteiger partial charge < -0.3 is 4.74 Å². The summed E-state index contributed by atoms with van der Waals surface area (Å²) < 4.78 is 9.05. The van der Waals surface area contributed by atoms with Gasteiger partial charge in [-0.2, -0.15) is 5.10 Å². The molecular formula is C16H12Cl2N6O. The van der Waals surface area contributed by atoms with Crippen LogP contribution in [0.5, 0.6) is 0 Å². The van der Waals surface area contributed by atoms with Crippen molar-refractivity contribution in [3.63, 3.8) is 0 Å². The molecule has 0 bridgehead atoms. The molecule has 1 atom stereocenters. The van der Waals surface area contributed by atoms with Gasteiger partial charge in [-0.1, -0.05) is 23.2 Å². The molecule has 7 nitrogen and oxygen atoms in total. The summed E-state index contributed by atoms with van der Waals surface area (Å²) in [6.07, 6.45) is 5.30. The highest BCUT2D eigenvalue weighted by atomic mass is 35.5. The van der Waals surface area contributed by atoms with E-state index in [2.05, 4.69) is 20.2 Å². The number of rotatable bonds is 2. The van der Waals surface area contributed by atoms with Gasteiger partial charge in [-0.15, -0.1) is 5.10 Å². The highest BCUT2D eigenvalue weighted by molar-refractivity contribution is 6.42. The van der Waals surface area contributed by atoms with Crippen LogP contribution in [-0.2, 0) is 4.74 Å². The minimum atomic E-state index is -0.0416. The van der Waals surface area contributed by atoms with E-state index < -0.39 is 0 Å². The van der Waals surface area contributed by atoms with Gasteiger partial charge in [0, 0.05) is 6.61 Å². The van der Waals surface area contributed by atoms with Gasteiger partial charge in [-0.25, -0.2) is 19.2 Å². The average molecular weight is 375 g/mol. The molecule has 5 rings (SSSR count). The third-order valence-electron chi connectivity index (χ3n) is 4.29. The third-order valence-corrected chi connectivity index (χ3v) is 5.03. The Bertz CT molecular complexity index is 1100. The topological polar surface area (TPSA) is 70.1 Å². The second-order valence-corrected chi connectivity index (χ2v) is 6.69. The van der Waals surface area contributed by atoms with Crippen LogP contribution in [0.1, 0.15) is 24.8 Å². The zero-order valence-corrected chi connectivity index (χ0v) is 14.4. The minimum absolute atomic E-state index is 0.0416. The van der Waals surface area contributed by atoms with Gasteiger partial charge >= 0.3 is 0 Å². The smallest absolute Gasteiger partial charge is 0.180 e. The first-order valence-corrected chi connectivity index (χ1v) is 8.62. The quantitative estimate of drug-likeness (QED) is 0.535. The zero-order chi connectivity index (χ0) is 17.0. The Morgan fingerprint density at radius 2 is 2.08 bits per heavy atom. The monoisotopic (exact) mass is 374 g/mol. The number of nitrogens with zero attached hydrogens (tertiary/aromatic N) is 6. The van der Waals surface area contributed by atoms with Gasteiger partial charge in [-0.3, -0.25) is 0 Å². The molecule has 0 spiro atoms. The maximum absolute atomic E-state index is 6.12. The first-order chi connectivity index (χ1) is 12.2. The van der Waals surface area contributed by atoms with Crippen molar-refractivity contribution in [3.8, 4) is 5.69 Å². The standard InChI is InChI=1S/C16H12Cl2N6O/c17-11-4-3-9(6-12(11)18)24-15-10(7-20-24)16-21-14(13-2-1-5-25-13)22-23(16)8-19-15/h3-4,6-8,13H,1-2,5H2. The summed E-state index contributed by atoms with van der Waals surface area (Å²) in [5.74, 6) is 0.689. The molecule has 25 heavy (non-hydrogen) atoms. The molecule has 1 aliphatic heterocycles. The van der Waals surface area contributed by atoms with Crippen molar-refractivity contribution >= 4 is 39.9 Å². The molecule has 1 unspecified atom stereocenters. The Morgan fingerprint density at radius 1 is 1.16 bits per heavy atom. The van der Waals surface area contributed by atoms with Crippen molar-refractivity contribution < 1.29 is 4.74 Å². The number of fused-ring (bicyclic) bond motifs is 3. The summed E-state index contributed by atoms with van der Waals surface area (Å²) in [5.41, 5.74) is 2.17. The fourth-order valence-corrected chi connectivity index (χ4v) is 3.35. The normalized spacial score (nSPS) is 17.8. The van der Waals surface area contributed by atoms with Crippen LogP contribution >= 0.6 is 23.2 Å². The molecule has 3 aromatic heterocycles. The molecule has 1 saturated heterocycles. The van der Waals surface area contributed by atoms with Gasteiger partial charge in [0.05, 0.1) is 27.3 Å². The third kappa shape index (κ3) is 2.38. The van der Waals surface area contributed by atoms with E-state index in [0.29, 0.717) is 27.2 Å². The molecule has 126 valence electrons. The molecular weight excluding hydrogens is 363 g/mol. The van der Waals surface area contributed by atoms with Crippen molar-refractivity contribution in [2.75, 3.05) is 6.61 Å². The van der Waals surface area contributed by atoms with E-state index in [-0.39, 0.29) is 6.10 Å². The molecule has 4 heterocycles. The zero-order valence-electron chi connectivity index (χ0n) is 12.9. The van der Waals surface area contributed by atoms with Gasteiger partial charge in [0.15, 0.2) is 17.1 Å². The average Bonchev–Trinajstić information content (AvgIpc) is 3.34. The van der Waals surface area contributed by atoms with Crippen molar-refractivity contribution in [2.24, 2.45) is 0 Å². The van der Waals surface area contributed by atoms with Gasteiger partial charge in [0.2, 0.25) is 0 Å². The minimum Gasteiger partial charge on any atom is -0.370 e. The Hall–Kier alpha value is -2.22. The van der Waals surface area contributed by atoms with Crippen LogP contribution in [0.25, 0.3) is 22.4 Å². The molecule has 0 aliphatic carbocycles. The van der Waals surface area contributed by atoms with Crippen LogP contribution in [0.4, 0.5) is 0 Å². The van der Waals surface area contributed by atoms with Crippen LogP contribution in [0.3, 0.4) is 0 Å². The van der Waals surface area contributed by atoms with Crippen LogP contribution in [0.15, 0.2) is 30.7 Å². The summed E-state index contributed by atoms with van der Waals surface area (Å²) in [7, 11) is 0. The number of hydrogen-bond donors (Lipinski definition) is 0. The Labute approximate surface area is 152 Å². The second-order valence-electron chi connectivity index (χ2n) is 5.88. The predicted octanol–water partition coefficient (Wildman–Crippen LogP) is 3.62. The van der Waals surface area contributed by atoms with Crippen molar-refractivity contribution in [2.45, 2.75) is 18.9 Å². The Kier molecular flexibility index (Phi) is 3.41. The van der Waals surface area contributed by atoms with E-state index in [9.17, 15) is 0 Å². The molecule has 0 N–H and O–H groups in total. The first-order valence-electron chi connectivity index (χ1n) is 7.87. The molecule has 9 heteroatoms. The van der Waals surface area contributed by atoms with Crippen LogP contribution in [0, 0.1) is 0 Å². The largest absolute Gasteiger partial charge is 0.370 e. The molecule has 0 saturated carbocycles. The maximum Gasteiger partial charge on any atom is 0.180 e. The Balaban J connectivity index is 1.67. The van der Waals surface area contributed by atoms with Crippen molar-refractivity contribution in [3.05, 3.63) is 46.6 Å². The van der Waals surface area contributed by atoms with E-state index >= 15 is 0 Å². The van der Waals surface area contributed by atoms with E-state index in [1.807, 2.05) is 6.07 Å². The first kappa shape index (κ1) is 15.1. The number of ether oxygens (including phenoxy) is 1. The number of halogens is 2. The molecule has 1 aliphatic rings. The lowest BCUT2D eigenvalue weighted by Gasteiger charge is -2.04. The fourth-order valence-electron chi connectivity index (χ4n) is 3.06. The molecule has 4 aromatic rings. The van der Waals surface area contributed by atoms with Crippen molar-refractivity contribution in [1.82, 2.24) is 29.4 Å². The molecule has 1 aromatic carbocycles. The summed E-state index contributed by atoms with van der Waals surface area (Å²) >= 11 is 12.1. The van der Waals surface area contributed by atoms with Gasteiger partial charge in [0.25, 0.3) is 0 Å². The summed E-state index contributed by atoms with van der Waals surface area (Å²) in [5, 5.41) is 10.7. The molecule has 0 radical (unpaired) electrons. The van der Waals surface area contributed by atoms with E-state index in [1.54, 1.807) is 33.9 Å². The summed E-state index contributed by atoms with van der Waals surface area (Å²) in [6.45, 7) is 0.753. The number of hydrogen-bond acceptors (Lipinski definition) is 5. The highest BCUT2D eigenvalue weighted by Crippen LogP contribution is 2.29.